The van der Waals surface area contributed by atoms with Crippen LogP contribution in [0.2, 0.25) is 0 Å². The molecule has 2 aromatic carbocycles. The second-order valence-electron chi connectivity index (χ2n) is 3.35. The first kappa shape index (κ1) is 11.1. The summed E-state index contributed by atoms with van der Waals surface area (Å²) in [6, 6.07) is 18.3. The summed E-state index contributed by atoms with van der Waals surface area (Å²) in [5, 5.41) is 1.33. The largest absolute Gasteiger partial charge is 0.320 e. The summed E-state index contributed by atoms with van der Waals surface area (Å²) < 4.78 is 17.7. The van der Waals surface area contributed by atoms with Crippen LogP contribution in [0.5, 0.6) is 0 Å². The van der Waals surface area contributed by atoms with E-state index in [0.717, 1.165) is 0 Å². The van der Waals surface area contributed by atoms with Gasteiger partial charge in [-0.05, 0) is 24.3 Å². The first-order valence-electron chi connectivity index (χ1n) is 4.92. The van der Waals surface area contributed by atoms with Crippen molar-refractivity contribution in [2.24, 2.45) is 0 Å². The normalized spacial score (nSPS) is 11.3. The average Bonchev–Trinajstić information content (AvgIpc) is 2.40. The van der Waals surface area contributed by atoms with Crippen LogP contribution < -0.4 is 10.6 Å². The zero-order chi connectivity index (χ0) is 11.4. The van der Waals surface area contributed by atoms with E-state index in [-0.39, 0.29) is 0 Å². The van der Waals surface area contributed by atoms with Gasteiger partial charge in [0.25, 0.3) is 7.37 Å². The SMILES string of the molecule is [CH2]OP(=O)(c1ccccc1)c1ccccc1. The smallest absolute Gasteiger partial charge is 0.261 e. The van der Waals surface area contributed by atoms with Gasteiger partial charge in [0.15, 0.2) is 0 Å². The Balaban J connectivity index is 2.54. The molecule has 0 fully saturated rings. The maximum atomic E-state index is 12.7. The van der Waals surface area contributed by atoms with Crippen LogP contribution >= 0.6 is 7.37 Å². The Morgan fingerprint density at radius 3 is 1.50 bits per heavy atom. The van der Waals surface area contributed by atoms with Gasteiger partial charge in [0.05, 0.1) is 7.11 Å². The molecule has 0 aliphatic rings. The third-order valence-electron chi connectivity index (χ3n) is 2.37. The molecule has 0 saturated heterocycles. The van der Waals surface area contributed by atoms with Gasteiger partial charge in [-0.1, -0.05) is 36.4 Å². The van der Waals surface area contributed by atoms with E-state index in [1.54, 1.807) is 24.3 Å². The first-order chi connectivity index (χ1) is 7.77. The summed E-state index contributed by atoms with van der Waals surface area (Å²) in [7, 11) is 0.331. The van der Waals surface area contributed by atoms with E-state index >= 15 is 0 Å². The van der Waals surface area contributed by atoms with Crippen molar-refractivity contribution in [1.82, 2.24) is 0 Å². The summed E-state index contributed by atoms with van der Waals surface area (Å²) >= 11 is 0. The Bertz CT molecular complexity index is 450. The molecule has 0 aliphatic carbocycles. The predicted molar refractivity (Wildman–Crippen MR) is 66.2 cm³/mol. The van der Waals surface area contributed by atoms with Gasteiger partial charge in [0.2, 0.25) is 0 Å². The molecule has 0 N–H and O–H groups in total. The van der Waals surface area contributed by atoms with Crippen LogP contribution in [-0.4, -0.2) is 0 Å². The van der Waals surface area contributed by atoms with E-state index in [0.29, 0.717) is 10.6 Å². The van der Waals surface area contributed by atoms with Crippen LogP contribution in [0.1, 0.15) is 0 Å². The lowest BCUT2D eigenvalue weighted by Gasteiger charge is -2.16. The number of benzene rings is 2. The molecule has 2 nitrogen and oxygen atoms in total. The van der Waals surface area contributed by atoms with Gasteiger partial charge in [-0.25, -0.2) is 0 Å². The van der Waals surface area contributed by atoms with Crippen LogP contribution in [0, 0.1) is 7.11 Å². The van der Waals surface area contributed by atoms with Crippen molar-refractivity contribution in [3.8, 4) is 0 Å². The zero-order valence-electron chi connectivity index (χ0n) is 8.74. The number of hydrogen-bond donors (Lipinski definition) is 0. The second kappa shape index (κ2) is 4.65. The summed E-state index contributed by atoms with van der Waals surface area (Å²) in [4.78, 5) is 0. The highest BCUT2D eigenvalue weighted by Crippen LogP contribution is 2.43. The molecule has 0 unspecified atom stereocenters. The molecule has 0 aromatic heterocycles. The number of hydrogen-bond acceptors (Lipinski definition) is 2. The fraction of sp³-hybridized carbons (Fsp3) is 0. The highest BCUT2D eigenvalue weighted by molar-refractivity contribution is 7.74. The van der Waals surface area contributed by atoms with Gasteiger partial charge in [0, 0.05) is 10.6 Å². The molecule has 0 spiro atoms. The first-order valence-corrected chi connectivity index (χ1v) is 6.55. The molecular weight excluding hydrogens is 219 g/mol. The van der Waals surface area contributed by atoms with E-state index in [9.17, 15) is 4.57 Å². The van der Waals surface area contributed by atoms with Gasteiger partial charge >= 0.3 is 0 Å². The Labute approximate surface area is 95.3 Å². The van der Waals surface area contributed by atoms with Crippen molar-refractivity contribution in [2.75, 3.05) is 0 Å². The predicted octanol–water partition coefficient (Wildman–Crippen LogP) is 2.72. The molecular formula is C13H12O2P. The van der Waals surface area contributed by atoms with E-state index in [4.69, 9.17) is 4.52 Å². The van der Waals surface area contributed by atoms with Crippen LogP contribution in [0.25, 0.3) is 0 Å². The molecule has 1 radical (unpaired) electrons. The van der Waals surface area contributed by atoms with Gasteiger partial charge in [-0.15, -0.1) is 0 Å². The van der Waals surface area contributed by atoms with E-state index in [2.05, 4.69) is 7.11 Å². The molecule has 0 bridgehead atoms. The van der Waals surface area contributed by atoms with Crippen molar-refractivity contribution in [3.63, 3.8) is 0 Å². The van der Waals surface area contributed by atoms with Gasteiger partial charge in [-0.3, -0.25) is 4.57 Å². The molecule has 3 heteroatoms. The zero-order valence-corrected chi connectivity index (χ0v) is 9.64. The molecule has 0 atom stereocenters. The minimum atomic E-state index is -3.02. The lowest BCUT2D eigenvalue weighted by atomic mass is 10.4. The van der Waals surface area contributed by atoms with Crippen molar-refractivity contribution in [3.05, 3.63) is 67.8 Å². The standard InChI is InChI=1S/C13H12O2P/c1-15-16(14,12-8-4-2-5-9-12)13-10-6-3-7-11-13/h2-11H,1H2. The number of rotatable bonds is 3. The molecule has 0 aliphatic heterocycles. The maximum absolute atomic E-state index is 12.7. The maximum Gasteiger partial charge on any atom is 0.261 e. The summed E-state index contributed by atoms with van der Waals surface area (Å²) in [5.74, 6) is 0. The Hall–Kier alpha value is -1.37. The van der Waals surface area contributed by atoms with Gasteiger partial charge < -0.3 is 4.52 Å². The highest BCUT2D eigenvalue weighted by atomic mass is 31.2. The van der Waals surface area contributed by atoms with Crippen molar-refractivity contribution in [1.29, 1.82) is 0 Å². The quantitative estimate of drug-likeness (QED) is 0.759. The van der Waals surface area contributed by atoms with Gasteiger partial charge in [0.1, 0.15) is 0 Å². The molecule has 2 rings (SSSR count). The average molecular weight is 231 g/mol. The van der Waals surface area contributed by atoms with Crippen molar-refractivity contribution >= 4 is 18.0 Å². The minimum Gasteiger partial charge on any atom is -0.320 e. The van der Waals surface area contributed by atoms with E-state index < -0.39 is 7.37 Å². The molecule has 0 amide bonds. The molecule has 16 heavy (non-hydrogen) atoms. The molecule has 2 aromatic rings. The van der Waals surface area contributed by atoms with Crippen molar-refractivity contribution < 1.29 is 9.09 Å². The fourth-order valence-corrected chi connectivity index (χ4v) is 3.27. The van der Waals surface area contributed by atoms with E-state index in [1.807, 2.05) is 36.4 Å². The minimum absolute atomic E-state index is 0.663. The lowest BCUT2D eigenvalue weighted by molar-refractivity contribution is 0.455. The summed E-state index contributed by atoms with van der Waals surface area (Å²) in [5.41, 5.74) is 0. The van der Waals surface area contributed by atoms with Crippen molar-refractivity contribution in [2.45, 2.75) is 0 Å². The van der Waals surface area contributed by atoms with Crippen LogP contribution in [0.4, 0.5) is 0 Å². The molecule has 0 heterocycles. The Morgan fingerprint density at radius 2 is 1.19 bits per heavy atom. The summed E-state index contributed by atoms with van der Waals surface area (Å²) in [6.07, 6.45) is 0. The van der Waals surface area contributed by atoms with Crippen LogP contribution in [0.3, 0.4) is 0 Å². The third-order valence-corrected chi connectivity index (χ3v) is 4.69. The monoisotopic (exact) mass is 231 g/mol. The fourth-order valence-electron chi connectivity index (χ4n) is 1.55. The Kier molecular flexibility index (Phi) is 3.23. The topological polar surface area (TPSA) is 26.3 Å². The highest BCUT2D eigenvalue weighted by Gasteiger charge is 2.26. The molecule has 0 saturated carbocycles. The second-order valence-corrected chi connectivity index (χ2v) is 5.75. The van der Waals surface area contributed by atoms with Gasteiger partial charge in [-0.2, -0.15) is 0 Å². The Morgan fingerprint density at radius 1 is 0.812 bits per heavy atom. The molecule has 81 valence electrons. The summed E-state index contributed by atoms with van der Waals surface area (Å²) in [6.45, 7) is 0. The van der Waals surface area contributed by atoms with Crippen LogP contribution in [0.15, 0.2) is 60.7 Å². The van der Waals surface area contributed by atoms with Crippen LogP contribution in [-0.2, 0) is 9.09 Å². The lowest BCUT2D eigenvalue weighted by Crippen LogP contribution is -2.16. The third kappa shape index (κ3) is 1.95. The van der Waals surface area contributed by atoms with E-state index in [1.165, 1.54) is 0 Å².